The Kier molecular flexibility index (Phi) is 3.68. The minimum Gasteiger partial charge on any atom is -0.285 e. The molecular weight excluding hydrogens is 282 g/mol. The Balaban J connectivity index is 2.40. The summed E-state index contributed by atoms with van der Waals surface area (Å²) in [4.78, 5) is 16.3. The minimum absolute atomic E-state index is 0.108. The fourth-order valence-electron chi connectivity index (χ4n) is 1.59. The summed E-state index contributed by atoms with van der Waals surface area (Å²) in [6.45, 7) is 2.77. The van der Waals surface area contributed by atoms with Crippen molar-refractivity contribution in [1.29, 1.82) is 0 Å². The van der Waals surface area contributed by atoms with Crippen LogP contribution in [0.3, 0.4) is 0 Å². The quantitative estimate of drug-likeness (QED) is 0.815. The maximum absolute atomic E-state index is 12.3. The molecule has 2 aromatic rings. The van der Waals surface area contributed by atoms with Crippen LogP contribution in [0.1, 0.15) is 29.5 Å². The van der Waals surface area contributed by atoms with Gasteiger partial charge in [-0.25, -0.2) is 0 Å². The average molecular weight is 294 g/mol. The van der Waals surface area contributed by atoms with Gasteiger partial charge in [-0.1, -0.05) is 13.0 Å². The molecule has 0 N–H and O–H groups in total. The number of aromatic nitrogens is 3. The van der Waals surface area contributed by atoms with Gasteiger partial charge in [-0.3, -0.25) is 14.5 Å². The van der Waals surface area contributed by atoms with E-state index in [0.29, 0.717) is 15.9 Å². The first-order valence-electron chi connectivity index (χ1n) is 5.41. The Labute approximate surface area is 108 Å². The zero-order valence-electron chi connectivity index (χ0n) is 9.43. The molecule has 0 aliphatic carbocycles. The van der Waals surface area contributed by atoms with E-state index < -0.39 is 0 Å². The van der Waals surface area contributed by atoms with E-state index in [1.807, 2.05) is 6.92 Å². The lowest BCUT2D eigenvalue weighted by atomic mass is 10.2. The molecular formula is C12H12BrN3O. The van der Waals surface area contributed by atoms with Gasteiger partial charge in [-0.15, -0.1) is 0 Å². The van der Waals surface area contributed by atoms with Crippen LogP contribution in [0, 0.1) is 0 Å². The van der Waals surface area contributed by atoms with Crippen LogP contribution >= 0.6 is 15.9 Å². The normalized spacial score (nSPS) is 10.5. The van der Waals surface area contributed by atoms with E-state index in [-0.39, 0.29) is 5.78 Å². The van der Waals surface area contributed by atoms with Crippen LogP contribution in [-0.2, 0) is 6.54 Å². The highest BCUT2D eigenvalue weighted by Gasteiger charge is 2.19. The van der Waals surface area contributed by atoms with Crippen molar-refractivity contribution >= 4 is 21.7 Å². The first-order chi connectivity index (χ1) is 8.24. The van der Waals surface area contributed by atoms with Crippen LogP contribution in [0.5, 0.6) is 0 Å². The predicted octanol–water partition coefficient (Wildman–Crippen LogP) is 2.68. The van der Waals surface area contributed by atoms with Gasteiger partial charge < -0.3 is 0 Å². The van der Waals surface area contributed by atoms with Crippen LogP contribution in [0.4, 0.5) is 0 Å². The van der Waals surface area contributed by atoms with Crippen molar-refractivity contribution in [2.75, 3.05) is 0 Å². The molecule has 2 rings (SSSR count). The molecule has 0 atom stereocenters. The molecule has 0 fully saturated rings. The minimum atomic E-state index is -0.108. The van der Waals surface area contributed by atoms with Crippen LogP contribution in [0.2, 0.25) is 0 Å². The van der Waals surface area contributed by atoms with E-state index in [1.165, 1.54) is 0 Å². The van der Waals surface area contributed by atoms with Gasteiger partial charge in [0.1, 0.15) is 11.4 Å². The first-order valence-corrected chi connectivity index (χ1v) is 6.20. The maximum atomic E-state index is 12.3. The van der Waals surface area contributed by atoms with Crippen molar-refractivity contribution in [1.82, 2.24) is 14.8 Å². The Morgan fingerprint density at radius 2 is 2.29 bits per heavy atom. The zero-order valence-corrected chi connectivity index (χ0v) is 11.0. The Bertz CT molecular complexity index is 522. The summed E-state index contributed by atoms with van der Waals surface area (Å²) >= 11 is 3.35. The molecule has 0 spiro atoms. The highest BCUT2D eigenvalue weighted by atomic mass is 79.9. The van der Waals surface area contributed by atoms with Crippen molar-refractivity contribution in [3.63, 3.8) is 0 Å². The van der Waals surface area contributed by atoms with Gasteiger partial charge >= 0.3 is 0 Å². The van der Waals surface area contributed by atoms with Gasteiger partial charge in [0.2, 0.25) is 5.78 Å². The Morgan fingerprint density at radius 3 is 2.94 bits per heavy atom. The van der Waals surface area contributed by atoms with E-state index in [4.69, 9.17) is 0 Å². The summed E-state index contributed by atoms with van der Waals surface area (Å²) in [6.07, 6.45) is 4.18. The van der Waals surface area contributed by atoms with Gasteiger partial charge in [0.25, 0.3) is 0 Å². The fraction of sp³-hybridized carbons (Fsp3) is 0.250. The number of hydrogen-bond acceptors (Lipinski definition) is 3. The average Bonchev–Trinajstić information content (AvgIpc) is 2.71. The zero-order chi connectivity index (χ0) is 12.3. The molecule has 0 aliphatic heterocycles. The number of carbonyl (C=O) groups is 1. The van der Waals surface area contributed by atoms with Gasteiger partial charge in [-0.2, -0.15) is 5.10 Å². The lowest BCUT2D eigenvalue weighted by Gasteiger charge is -2.05. The van der Waals surface area contributed by atoms with E-state index in [9.17, 15) is 4.79 Å². The highest BCUT2D eigenvalue weighted by Crippen LogP contribution is 2.19. The number of aryl methyl sites for hydroxylation is 1. The SMILES string of the molecule is CCCn1ncc(Br)c1C(=O)c1ccccn1. The Hall–Kier alpha value is -1.49. The summed E-state index contributed by atoms with van der Waals surface area (Å²) in [6, 6.07) is 5.29. The molecule has 5 heteroatoms. The largest absolute Gasteiger partial charge is 0.285 e. The molecule has 4 nitrogen and oxygen atoms in total. The fourth-order valence-corrected chi connectivity index (χ4v) is 2.06. The third kappa shape index (κ3) is 2.44. The highest BCUT2D eigenvalue weighted by molar-refractivity contribution is 9.10. The third-order valence-electron chi connectivity index (χ3n) is 2.34. The molecule has 0 bridgehead atoms. The van der Waals surface area contributed by atoms with E-state index >= 15 is 0 Å². The van der Waals surface area contributed by atoms with Gasteiger partial charge in [-0.05, 0) is 34.5 Å². The van der Waals surface area contributed by atoms with Crippen LogP contribution in [0.15, 0.2) is 35.1 Å². The smallest absolute Gasteiger partial charge is 0.230 e. The number of hydrogen-bond donors (Lipinski definition) is 0. The molecule has 2 aromatic heterocycles. The van der Waals surface area contributed by atoms with Crippen LogP contribution in [-0.4, -0.2) is 20.5 Å². The van der Waals surface area contributed by atoms with E-state index in [2.05, 4.69) is 26.0 Å². The summed E-state index contributed by atoms with van der Waals surface area (Å²) < 4.78 is 2.42. The van der Waals surface area contributed by atoms with Crippen molar-refractivity contribution in [3.8, 4) is 0 Å². The van der Waals surface area contributed by atoms with Crippen molar-refractivity contribution in [2.24, 2.45) is 0 Å². The van der Waals surface area contributed by atoms with Crippen LogP contribution < -0.4 is 0 Å². The van der Waals surface area contributed by atoms with Gasteiger partial charge in [0, 0.05) is 12.7 Å². The number of halogens is 1. The summed E-state index contributed by atoms with van der Waals surface area (Å²) in [5, 5.41) is 4.17. The Morgan fingerprint density at radius 1 is 1.47 bits per heavy atom. The number of pyridine rings is 1. The van der Waals surface area contributed by atoms with E-state index in [1.54, 1.807) is 35.3 Å². The van der Waals surface area contributed by atoms with Gasteiger partial charge in [0.15, 0.2) is 0 Å². The molecule has 0 saturated carbocycles. The molecule has 0 aromatic carbocycles. The standard InChI is InChI=1S/C12H12BrN3O/c1-2-7-16-11(9(13)8-15-16)12(17)10-5-3-4-6-14-10/h3-6,8H,2,7H2,1H3. The molecule has 88 valence electrons. The second-order valence-corrected chi connectivity index (χ2v) is 4.46. The summed E-state index contributed by atoms with van der Waals surface area (Å²) in [5.41, 5.74) is 0.997. The van der Waals surface area contributed by atoms with Crippen molar-refractivity contribution < 1.29 is 4.79 Å². The second-order valence-electron chi connectivity index (χ2n) is 3.61. The molecule has 0 amide bonds. The lowest BCUT2D eigenvalue weighted by molar-refractivity contribution is 0.102. The molecule has 2 heterocycles. The summed E-state index contributed by atoms with van der Waals surface area (Å²) in [7, 11) is 0. The lowest BCUT2D eigenvalue weighted by Crippen LogP contribution is -2.13. The van der Waals surface area contributed by atoms with Crippen LogP contribution in [0.25, 0.3) is 0 Å². The number of rotatable bonds is 4. The number of ketones is 1. The molecule has 0 saturated heterocycles. The van der Waals surface area contributed by atoms with Gasteiger partial charge in [0.05, 0.1) is 10.7 Å². The first kappa shape index (κ1) is 12.0. The maximum Gasteiger partial charge on any atom is 0.230 e. The third-order valence-corrected chi connectivity index (χ3v) is 2.92. The number of nitrogens with zero attached hydrogens (tertiary/aromatic N) is 3. The van der Waals surface area contributed by atoms with E-state index in [0.717, 1.165) is 13.0 Å². The molecule has 17 heavy (non-hydrogen) atoms. The summed E-state index contributed by atoms with van der Waals surface area (Å²) in [5.74, 6) is -0.108. The predicted molar refractivity (Wildman–Crippen MR) is 67.9 cm³/mol. The second kappa shape index (κ2) is 5.23. The van der Waals surface area contributed by atoms with Crippen molar-refractivity contribution in [2.45, 2.75) is 19.9 Å². The monoisotopic (exact) mass is 293 g/mol. The molecule has 0 aliphatic rings. The number of carbonyl (C=O) groups excluding carboxylic acids is 1. The molecule has 0 radical (unpaired) electrons. The van der Waals surface area contributed by atoms with Crippen molar-refractivity contribution in [3.05, 3.63) is 46.5 Å². The molecule has 0 unspecified atom stereocenters. The topological polar surface area (TPSA) is 47.8 Å².